The number of nitro benzene ring substituents is 1. The zero-order valence-corrected chi connectivity index (χ0v) is 16.9. The Kier molecular flexibility index (Phi) is 6.65. The van der Waals surface area contributed by atoms with Gasteiger partial charge < -0.3 is 19.5 Å². The van der Waals surface area contributed by atoms with Crippen molar-refractivity contribution in [1.82, 2.24) is 5.32 Å². The zero-order valence-electron chi connectivity index (χ0n) is 16.1. The summed E-state index contributed by atoms with van der Waals surface area (Å²) >= 11 is 5.80. The van der Waals surface area contributed by atoms with E-state index in [1.54, 1.807) is 0 Å². The second-order valence-corrected chi connectivity index (χ2v) is 6.84. The molecule has 0 aromatic heterocycles. The third-order valence-corrected chi connectivity index (χ3v) is 4.12. The van der Waals surface area contributed by atoms with E-state index in [-0.39, 0.29) is 33.5 Å². The third kappa shape index (κ3) is 5.14. The summed E-state index contributed by atoms with van der Waals surface area (Å²) in [5.74, 6) is -0.864. The molecule has 0 spiro atoms. The minimum absolute atomic E-state index is 0.0401. The molecular weight excluding hydrogens is 404 g/mol. The molecule has 1 N–H and O–H groups in total. The molecule has 0 atom stereocenters. The number of ether oxygens (including phenoxy) is 3. The first kappa shape index (κ1) is 22.0. The van der Waals surface area contributed by atoms with E-state index < -0.39 is 22.3 Å². The fourth-order valence-electron chi connectivity index (χ4n) is 2.39. The highest BCUT2D eigenvalue weighted by atomic mass is 35.5. The van der Waals surface area contributed by atoms with Gasteiger partial charge in [-0.25, -0.2) is 4.79 Å². The molecule has 0 bridgehead atoms. The lowest BCUT2D eigenvalue weighted by Gasteiger charge is -2.23. The van der Waals surface area contributed by atoms with Gasteiger partial charge in [-0.15, -0.1) is 0 Å². The predicted octanol–water partition coefficient (Wildman–Crippen LogP) is 3.73. The number of halogens is 1. The average molecular weight is 423 g/mol. The number of amides is 1. The van der Waals surface area contributed by atoms with Crippen LogP contribution in [0.1, 0.15) is 24.2 Å². The number of hydrogen-bond donors (Lipinski definition) is 1. The molecule has 154 valence electrons. The molecule has 1 amide bonds. The number of carbonyl (C=O) groups excluding carboxylic acids is 2. The summed E-state index contributed by atoms with van der Waals surface area (Å²) in [5, 5.41) is 14.0. The number of nitrogens with zero attached hydrogens (tertiary/aromatic N) is 1. The highest BCUT2D eigenvalue weighted by molar-refractivity contribution is 6.30. The first-order valence-electron chi connectivity index (χ1n) is 8.30. The van der Waals surface area contributed by atoms with Crippen molar-refractivity contribution in [2.75, 3.05) is 14.2 Å². The number of benzene rings is 2. The van der Waals surface area contributed by atoms with Gasteiger partial charge in [0.2, 0.25) is 5.75 Å². The van der Waals surface area contributed by atoms with Gasteiger partial charge in [-0.1, -0.05) is 11.6 Å². The predicted molar refractivity (Wildman–Crippen MR) is 105 cm³/mol. The lowest BCUT2D eigenvalue weighted by Crippen LogP contribution is -2.50. The van der Waals surface area contributed by atoms with Crippen LogP contribution >= 0.6 is 11.6 Å². The number of esters is 1. The number of rotatable bonds is 7. The highest BCUT2D eigenvalue weighted by Gasteiger charge is 2.31. The standard InChI is InChI=1S/C19H19ClN2O7/c1-19(2,18(24)28-4)21-17(23)11-5-7-15(16(9-11)27-3)29-14-8-6-12(20)10-13(14)22(25)26/h5-10H,1-4H3,(H,21,23). The Morgan fingerprint density at radius 2 is 1.72 bits per heavy atom. The molecule has 0 heterocycles. The van der Waals surface area contributed by atoms with Gasteiger partial charge in [-0.3, -0.25) is 14.9 Å². The average Bonchev–Trinajstić information content (AvgIpc) is 2.68. The Morgan fingerprint density at radius 1 is 1.07 bits per heavy atom. The van der Waals surface area contributed by atoms with Gasteiger partial charge in [-0.2, -0.15) is 0 Å². The van der Waals surface area contributed by atoms with Crippen molar-refractivity contribution in [2.45, 2.75) is 19.4 Å². The summed E-state index contributed by atoms with van der Waals surface area (Å²) in [6, 6.07) is 8.23. The molecule has 0 aliphatic rings. The van der Waals surface area contributed by atoms with Gasteiger partial charge in [0.15, 0.2) is 11.5 Å². The number of carbonyl (C=O) groups is 2. The largest absolute Gasteiger partial charge is 0.493 e. The fourth-order valence-corrected chi connectivity index (χ4v) is 2.56. The molecule has 0 saturated carbocycles. The lowest BCUT2D eigenvalue weighted by atomic mass is 10.0. The Balaban J connectivity index is 2.31. The van der Waals surface area contributed by atoms with Crippen molar-refractivity contribution >= 4 is 29.2 Å². The molecule has 0 unspecified atom stereocenters. The molecule has 0 radical (unpaired) electrons. The lowest BCUT2D eigenvalue weighted by molar-refractivity contribution is -0.385. The SMILES string of the molecule is COC(=O)C(C)(C)NC(=O)c1ccc(Oc2ccc(Cl)cc2[N+](=O)[O-])c(OC)c1. The second kappa shape index (κ2) is 8.78. The van der Waals surface area contributed by atoms with Gasteiger partial charge in [-0.05, 0) is 44.2 Å². The van der Waals surface area contributed by atoms with Gasteiger partial charge >= 0.3 is 11.7 Å². The van der Waals surface area contributed by atoms with Gasteiger partial charge in [0.25, 0.3) is 5.91 Å². The quantitative estimate of drug-likeness (QED) is 0.410. The van der Waals surface area contributed by atoms with E-state index in [1.807, 2.05) is 0 Å². The molecule has 0 aliphatic heterocycles. The van der Waals surface area contributed by atoms with Crippen LogP contribution in [-0.2, 0) is 9.53 Å². The van der Waals surface area contributed by atoms with Crippen LogP contribution < -0.4 is 14.8 Å². The van der Waals surface area contributed by atoms with Crippen LogP contribution in [-0.4, -0.2) is 36.6 Å². The third-order valence-electron chi connectivity index (χ3n) is 3.89. The summed E-state index contributed by atoms with van der Waals surface area (Å²) in [5.41, 5.74) is -1.36. The van der Waals surface area contributed by atoms with Crippen molar-refractivity contribution < 1.29 is 28.7 Å². The molecule has 2 rings (SSSR count). The minimum Gasteiger partial charge on any atom is -0.493 e. The summed E-state index contributed by atoms with van der Waals surface area (Å²) in [6.45, 7) is 3.01. The number of hydrogen-bond acceptors (Lipinski definition) is 7. The Bertz CT molecular complexity index is 960. The van der Waals surface area contributed by atoms with Crippen molar-refractivity contribution in [3.8, 4) is 17.2 Å². The van der Waals surface area contributed by atoms with E-state index in [0.29, 0.717) is 0 Å². The summed E-state index contributed by atoms with van der Waals surface area (Å²) in [6.07, 6.45) is 0. The van der Waals surface area contributed by atoms with Crippen LogP contribution in [0.4, 0.5) is 5.69 Å². The van der Waals surface area contributed by atoms with E-state index in [2.05, 4.69) is 10.1 Å². The second-order valence-electron chi connectivity index (χ2n) is 6.41. The first-order chi connectivity index (χ1) is 13.6. The number of nitrogens with one attached hydrogen (secondary N) is 1. The Labute approximate surface area is 171 Å². The minimum atomic E-state index is -1.24. The molecule has 2 aromatic carbocycles. The number of methoxy groups -OCH3 is 2. The fraction of sp³-hybridized carbons (Fsp3) is 0.263. The molecular formula is C19H19ClN2O7. The van der Waals surface area contributed by atoms with Crippen molar-refractivity contribution in [3.05, 3.63) is 57.1 Å². The van der Waals surface area contributed by atoms with E-state index in [4.69, 9.17) is 21.1 Å². The van der Waals surface area contributed by atoms with Crippen molar-refractivity contribution in [2.24, 2.45) is 0 Å². The van der Waals surface area contributed by atoms with Crippen molar-refractivity contribution in [3.63, 3.8) is 0 Å². The molecule has 2 aromatic rings. The Hall–Kier alpha value is -3.33. The number of nitro groups is 1. The molecule has 9 nitrogen and oxygen atoms in total. The van der Waals surface area contributed by atoms with Crippen LogP contribution in [0.5, 0.6) is 17.2 Å². The maximum absolute atomic E-state index is 12.5. The van der Waals surface area contributed by atoms with Crippen LogP contribution in [0, 0.1) is 10.1 Å². The van der Waals surface area contributed by atoms with Crippen molar-refractivity contribution in [1.29, 1.82) is 0 Å². The van der Waals surface area contributed by atoms with E-state index in [1.165, 1.54) is 64.5 Å². The molecule has 0 saturated heterocycles. The first-order valence-corrected chi connectivity index (χ1v) is 8.67. The van der Waals surface area contributed by atoms with E-state index in [9.17, 15) is 19.7 Å². The molecule has 29 heavy (non-hydrogen) atoms. The molecule has 0 fully saturated rings. The van der Waals surface area contributed by atoms with E-state index >= 15 is 0 Å². The zero-order chi connectivity index (χ0) is 21.8. The Morgan fingerprint density at radius 3 is 2.31 bits per heavy atom. The highest BCUT2D eigenvalue weighted by Crippen LogP contribution is 2.37. The van der Waals surface area contributed by atoms with Crippen LogP contribution in [0.3, 0.4) is 0 Å². The van der Waals surface area contributed by atoms with Crippen LogP contribution in [0.15, 0.2) is 36.4 Å². The monoisotopic (exact) mass is 422 g/mol. The van der Waals surface area contributed by atoms with Crippen LogP contribution in [0.2, 0.25) is 5.02 Å². The van der Waals surface area contributed by atoms with Gasteiger partial charge in [0.1, 0.15) is 5.54 Å². The summed E-state index contributed by atoms with van der Waals surface area (Å²) in [7, 11) is 2.58. The van der Waals surface area contributed by atoms with Gasteiger partial charge in [0.05, 0.1) is 19.1 Å². The maximum atomic E-state index is 12.5. The topological polar surface area (TPSA) is 117 Å². The molecule has 10 heteroatoms. The van der Waals surface area contributed by atoms with E-state index in [0.717, 1.165) is 0 Å². The summed E-state index contributed by atoms with van der Waals surface area (Å²) < 4.78 is 15.5. The normalized spacial score (nSPS) is 10.8. The summed E-state index contributed by atoms with van der Waals surface area (Å²) in [4.78, 5) is 34.8. The van der Waals surface area contributed by atoms with Gasteiger partial charge in [0, 0.05) is 16.7 Å². The smallest absolute Gasteiger partial charge is 0.330 e. The van der Waals surface area contributed by atoms with Crippen LogP contribution in [0.25, 0.3) is 0 Å². The maximum Gasteiger partial charge on any atom is 0.330 e. The molecule has 0 aliphatic carbocycles.